The van der Waals surface area contributed by atoms with Crippen LogP contribution in [0.15, 0.2) is 30.5 Å². The second-order valence-corrected chi connectivity index (χ2v) is 6.76. The van der Waals surface area contributed by atoms with Gasteiger partial charge in [0, 0.05) is 24.7 Å². The van der Waals surface area contributed by atoms with Gasteiger partial charge in [-0.1, -0.05) is 0 Å². The van der Waals surface area contributed by atoms with E-state index in [0.29, 0.717) is 17.4 Å². The number of aromatic nitrogens is 2. The van der Waals surface area contributed by atoms with Crippen LogP contribution in [0.5, 0.6) is 5.75 Å². The van der Waals surface area contributed by atoms with Crippen molar-refractivity contribution >= 4 is 5.91 Å². The molecule has 6 nitrogen and oxygen atoms in total. The Balaban J connectivity index is 1.57. The summed E-state index contributed by atoms with van der Waals surface area (Å²) in [6, 6.07) is 7.85. The quantitative estimate of drug-likeness (QED) is 0.902. The summed E-state index contributed by atoms with van der Waals surface area (Å²) in [7, 11) is 1.63. The van der Waals surface area contributed by atoms with Crippen molar-refractivity contribution in [3.63, 3.8) is 0 Å². The molecule has 2 aliphatic rings. The zero-order valence-electron chi connectivity index (χ0n) is 13.7. The first kappa shape index (κ1) is 15.2. The van der Waals surface area contributed by atoms with Gasteiger partial charge in [-0.25, -0.2) is 0 Å². The normalized spacial score (nSPS) is 25.8. The van der Waals surface area contributed by atoms with Crippen LogP contribution in [0.25, 0.3) is 11.3 Å². The molecule has 1 aliphatic heterocycles. The molecule has 3 atom stereocenters. The lowest BCUT2D eigenvalue weighted by atomic mass is 9.98. The molecule has 3 N–H and O–H groups in total. The zero-order chi connectivity index (χ0) is 16.7. The number of nitrogens with two attached hydrogens (primary N) is 1. The third-order valence-corrected chi connectivity index (χ3v) is 5.45. The number of nitrogens with zero attached hydrogens (tertiary/aromatic N) is 2. The summed E-state index contributed by atoms with van der Waals surface area (Å²) in [5, 5.41) is 7.05. The first-order valence-electron chi connectivity index (χ1n) is 8.40. The molecule has 2 heterocycles. The van der Waals surface area contributed by atoms with Gasteiger partial charge < -0.3 is 15.4 Å². The summed E-state index contributed by atoms with van der Waals surface area (Å²) >= 11 is 0. The van der Waals surface area contributed by atoms with Crippen LogP contribution in [0.3, 0.4) is 0 Å². The number of carbonyl (C=O) groups is 1. The van der Waals surface area contributed by atoms with Crippen LogP contribution in [0.4, 0.5) is 0 Å². The van der Waals surface area contributed by atoms with Crippen molar-refractivity contribution in [2.75, 3.05) is 20.2 Å². The monoisotopic (exact) mass is 326 g/mol. The van der Waals surface area contributed by atoms with E-state index in [2.05, 4.69) is 10.2 Å². The van der Waals surface area contributed by atoms with Gasteiger partial charge in [0.15, 0.2) is 0 Å². The Kier molecular flexibility index (Phi) is 3.76. The number of hydrogen-bond acceptors (Lipinski definition) is 4. The molecule has 4 rings (SSSR count). The molecule has 0 spiro atoms. The molecule has 1 aliphatic carbocycles. The fourth-order valence-corrected chi connectivity index (χ4v) is 4.07. The Morgan fingerprint density at radius 2 is 2.08 bits per heavy atom. The van der Waals surface area contributed by atoms with Crippen molar-refractivity contribution in [3.05, 3.63) is 36.0 Å². The number of nitrogens with one attached hydrogen (secondary N) is 1. The van der Waals surface area contributed by atoms with E-state index in [0.717, 1.165) is 42.9 Å². The fraction of sp³-hybridized carbons (Fsp3) is 0.444. The van der Waals surface area contributed by atoms with E-state index in [1.807, 2.05) is 29.2 Å². The number of methoxy groups -OCH3 is 1. The number of hydrogen-bond donors (Lipinski definition) is 2. The Labute approximate surface area is 141 Å². The highest BCUT2D eigenvalue weighted by Crippen LogP contribution is 2.38. The summed E-state index contributed by atoms with van der Waals surface area (Å²) < 4.78 is 5.19. The second-order valence-electron chi connectivity index (χ2n) is 6.76. The number of likely N-dealkylation sites (tertiary alicyclic amines) is 1. The molecule has 2 fully saturated rings. The number of amides is 1. The predicted octanol–water partition coefficient (Wildman–Crippen LogP) is 1.89. The molecule has 0 bridgehead atoms. The van der Waals surface area contributed by atoms with E-state index in [9.17, 15) is 4.79 Å². The number of ether oxygens (including phenoxy) is 1. The van der Waals surface area contributed by atoms with Crippen LogP contribution in [-0.2, 0) is 0 Å². The van der Waals surface area contributed by atoms with E-state index in [4.69, 9.17) is 10.5 Å². The highest BCUT2D eigenvalue weighted by atomic mass is 16.5. The highest BCUT2D eigenvalue weighted by Gasteiger charge is 2.43. The maximum Gasteiger partial charge on any atom is 0.257 e. The van der Waals surface area contributed by atoms with Gasteiger partial charge in [0.05, 0.1) is 24.6 Å². The van der Waals surface area contributed by atoms with Gasteiger partial charge in [0.25, 0.3) is 5.91 Å². The van der Waals surface area contributed by atoms with Crippen LogP contribution in [0.2, 0.25) is 0 Å². The number of carbonyl (C=O) groups excluding carboxylic acids is 1. The number of fused-ring (bicyclic) bond motifs is 1. The van der Waals surface area contributed by atoms with Crippen molar-refractivity contribution in [1.29, 1.82) is 0 Å². The first-order chi connectivity index (χ1) is 11.7. The van der Waals surface area contributed by atoms with E-state index in [1.54, 1.807) is 13.3 Å². The summed E-state index contributed by atoms with van der Waals surface area (Å²) in [4.78, 5) is 14.9. The predicted molar refractivity (Wildman–Crippen MR) is 90.7 cm³/mol. The van der Waals surface area contributed by atoms with Crippen molar-refractivity contribution in [2.45, 2.75) is 18.9 Å². The third-order valence-electron chi connectivity index (χ3n) is 5.45. The molecular formula is C18H22N4O2. The summed E-state index contributed by atoms with van der Waals surface area (Å²) in [5.41, 5.74) is 8.48. The smallest absolute Gasteiger partial charge is 0.257 e. The Morgan fingerprint density at radius 3 is 2.79 bits per heavy atom. The minimum Gasteiger partial charge on any atom is -0.497 e. The maximum atomic E-state index is 13.0. The van der Waals surface area contributed by atoms with Gasteiger partial charge in [-0.2, -0.15) is 5.10 Å². The SMILES string of the molecule is COc1ccc(-c2[nH]ncc2C(=O)N2CC3CCC(N)C3C2)cc1. The minimum absolute atomic E-state index is 0.0381. The highest BCUT2D eigenvalue weighted by molar-refractivity contribution is 6.00. The third kappa shape index (κ3) is 2.47. The molecule has 1 saturated heterocycles. The van der Waals surface area contributed by atoms with Crippen LogP contribution in [0, 0.1) is 11.8 Å². The summed E-state index contributed by atoms with van der Waals surface area (Å²) in [6.07, 6.45) is 3.84. The first-order valence-corrected chi connectivity index (χ1v) is 8.40. The molecule has 6 heteroatoms. The molecule has 1 amide bonds. The number of benzene rings is 1. The lowest BCUT2D eigenvalue weighted by Crippen LogP contribution is -2.33. The standard InChI is InChI=1S/C18H22N4O2/c1-24-13-5-2-11(3-6-13)17-14(8-20-21-17)18(23)22-9-12-4-7-16(19)15(12)10-22/h2-3,5-6,8,12,15-16H,4,7,9-10,19H2,1H3,(H,20,21). The number of rotatable bonds is 3. The largest absolute Gasteiger partial charge is 0.497 e. The van der Waals surface area contributed by atoms with Gasteiger partial charge in [-0.3, -0.25) is 9.89 Å². The van der Waals surface area contributed by atoms with Crippen LogP contribution < -0.4 is 10.5 Å². The van der Waals surface area contributed by atoms with Crippen molar-refractivity contribution in [2.24, 2.45) is 17.6 Å². The van der Waals surface area contributed by atoms with Crippen LogP contribution in [0.1, 0.15) is 23.2 Å². The average molecular weight is 326 g/mol. The van der Waals surface area contributed by atoms with E-state index < -0.39 is 0 Å². The summed E-state index contributed by atoms with van der Waals surface area (Å²) in [5.74, 6) is 1.83. The van der Waals surface area contributed by atoms with Crippen molar-refractivity contribution < 1.29 is 9.53 Å². The molecule has 1 aromatic carbocycles. The van der Waals surface area contributed by atoms with Gasteiger partial charge in [0.1, 0.15) is 5.75 Å². The Hall–Kier alpha value is -2.34. The van der Waals surface area contributed by atoms with Crippen LogP contribution >= 0.6 is 0 Å². The molecule has 3 unspecified atom stereocenters. The van der Waals surface area contributed by atoms with Gasteiger partial charge in [-0.15, -0.1) is 0 Å². The van der Waals surface area contributed by atoms with E-state index >= 15 is 0 Å². The molecule has 2 aromatic rings. The lowest BCUT2D eigenvalue weighted by Gasteiger charge is -2.18. The lowest BCUT2D eigenvalue weighted by molar-refractivity contribution is 0.0780. The molecule has 24 heavy (non-hydrogen) atoms. The number of H-pyrrole nitrogens is 1. The topological polar surface area (TPSA) is 84.2 Å². The second kappa shape index (κ2) is 5.94. The van der Waals surface area contributed by atoms with Gasteiger partial charge >= 0.3 is 0 Å². The van der Waals surface area contributed by atoms with E-state index in [-0.39, 0.29) is 11.9 Å². The molecule has 1 aromatic heterocycles. The maximum absolute atomic E-state index is 13.0. The molecule has 1 saturated carbocycles. The zero-order valence-corrected chi connectivity index (χ0v) is 13.7. The summed E-state index contributed by atoms with van der Waals surface area (Å²) in [6.45, 7) is 1.57. The fourth-order valence-electron chi connectivity index (χ4n) is 4.07. The minimum atomic E-state index is 0.0381. The molecule has 0 radical (unpaired) electrons. The Morgan fingerprint density at radius 1 is 1.29 bits per heavy atom. The molecule has 126 valence electrons. The van der Waals surface area contributed by atoms with Crippen molar-refractivity contribution in [3.8, 4) is 17.0 Å². The van der Waals surface area contributed by atoms with Crippen LogP contribution in [-0.4, -0.2) is 47.2 Å². The number of aromatic amines is 1. The molecular weight excluding hydrogens is 304 g/mol. The van der Waals surface area contributed by atoms with E-state index in [1.165, 1.54) is 0 Å². The average Bonchev–Trinajstić information content (AvgIpc) is 3.32. The Bertz CT molecular complexity index is 740. The van der Waals surface area contributed by atoms with Crippen molar-refractivity contribution in [1.82, 2.24) is 15.1 Å². The van der Waals surface area contributed by atoms with Gasteiger partial charge in [0.2, 0.25) is 0 Å². The van der Waals surface area contributed by atoms with Gasteiger partial charge in [-0.05, 0) is 48.9 Å².